The number of hydrogen-bond acceptors (Lipinski definition) is 4. The average Bonchev–Trinajstić information content (AvgIpc) is 3.15. The highest BCUT2D eigenvalue weighted by molar-refractivity contribution is 5.88. The zero-order valence-electron chi connectivity index (χ0n) is 26.3. The smallest absolute Gasteiger partial charge is 0.335 e. The van der Waals surface area contributed by atoms with Crippen molar-refractivity contribution >= 4 is 11.9 Å². The van der Waals surface area contributed by atoms with Crippen molar-refractivity contribution in [2.45, 2.75) is 118 Å². The number of amides is 1. The summed E-state index contributed by atoms with van der Waals surface area (Å²) < 4.78 is 5.86. The number of carbonyl (C=O) groups is 2. The topological polar surface area (TPSA) is 78.9 Å². The zero-order chi connectivity index (χ0) is 30.2. The van der Waals surface area contributed by atoms with Gasteiger partial charge in [0.2, 0.25) is 5.91 Å². The summed E-state index contributed by atoms with van der Waals surface area (Å²) in [5.41, 5.74) is 2.06. The van der Waals surface area contributed by atoms with Gasteiger partial charge in [0.25, 0.3) is 0 Å². The standard InChI is InChI=1S/C35H50N2O4/c1-23(2)41-28-15-13-25(14-16-28)30-31(38)37(35(36-30)21-17-27(18-22-35)34(6,7)8)29(19-20-33(3,4)5)24-9-11-26(12-10-24)32(39)40/h9-16,23,27,29-30,36H,17-22H2,1-8H3,(H,39,40)/t27?,29-,30?,35?/m1/s1. The molecule has 41 heavy (non-hydrogen) atoms. The van der Waals surface area contributed by atoms with Crippen LogP contribution in [0.25, 0.3) is 0 Å². The molecule has 1 amide bonds. The highest BCUT2D eigenvalue weighted by Crippen LogP contribution is 2.50. The Kier molecular flexibility index (Phi) is 8.94. The number of carboxylic acid groups (broad SMARTS) is 1. The first kappa shape index (κ1) is 31.1. The molecule has 2 atom stereocenters. The van der Waals surface area contributed by atoms with Crippen molar-refractivity contribution in [3.8, 4) is 5.75 Å². The maximum atomic E-state index is 14.6. The van der Waals surface area contributed by atoms with Crippen molar-refractivity contribution in [1.82, 2.24) is 10.2 Å². The summed E-state index contributed by atoms with van der Waals surface area (Å²) in [4.78, 5) is 28.3. The molecule has 0 bridgehead atoms. The van der Waals surface area contributed by atoms with Crippen LogP contribution in [0.4, 0.5) is 0 Å². The van der Waals surface area contributed by atoms with Crippen LogP contribution in [-0.2, 0) is 4.79 Å². The van der Waals surface area contributed by atoms with Crippen molar-refractivity contribution in [2.24, 2.45) is 16.7 Å². The fraction of sp³-hybridized carbons (Fsp3) is 0.600. The lowest BCUT2D eigenvalue weighted by Crippen LogP contribution is -2.56. The Bertz CT molecular complexity index is 1200. The van der Waals surface area contributed by atoms with E-state index in [2.05, 4.69) is 51.8 Å². The van der Waals surface area contributed by atoms with Gasteiger partial charge >= 0.3 is 5.97 Å². The lowest BCUT2D eigenvalue weighted by atomic mass is 9.69. The monoisotopic (exact) mass is 562 g/mol. The summed E-state index contributed by atoms with van der Waals surface area (Å²) in [6.45, 7) is 17.7. The first-order chi connectivity index (χ1) is 19.1. The maximum absolute atomic E-state index is 14.6. The lowest BCUT2D eigenvalue weighted by molar-refractivity contribution is -0.137. The van der Waals surface area contributed by atoms with Gasteiger partial charge in [-0.05, 0) is 105 Å². The third-order valence-corrected chi connectivity index (χ3v) is 9.00. The number of carbonyl (C=O) groups excluding carboxylic acids is 1. The Morgan fingerprint density at radius 1 is 1.00 bits per heavy atom. The summed E-state index contributed by atoms with van der Waals surface area (Å²) in [6, 6.07) is 14.5. The summed E-state index contributed by atoms with van der Waals surface area (Å²) in [7, 11) is 0. The van der Waals surface area contributed by atoms with Gasteiger partial charge in [-0.1, -0.05) is 65.8 Å². The Balaban J connectivity index is 1.75. The Morgan fingerprint density at radius 3 is 2.07 bits per heavy atom. The molecule has 4 rings (SSSR count). The first-order valence-electron chi connectivity index (χ1n) is 15.3. The predicted octanol–water partition coefficient (Wildman–Crippen LogP) is 8.15. The highest BCUT2D eigenvalue weighted by atomic mass is 16.5. The second-order valence-electron chi connectivity index (χ2n) is 14.7. The molecule has 2 N–H and O–H groups in total. The molecule has 1 spiro atoms. The second-order valence-corrected chi connectivity index (χ2v) is 14.7. The van der Waals surface area contributed by atoms with E-state index in [0.29, 0.717) is 5.92 Å². The van der Waals surface area contributed by atoms with Gasteiger partial charge < -0.3 is 14.7 Å². The molecule has 2 fully saturated rings. The normalized spacial score (nSPS) is 24.2. The van der Waals surface area contributed by atoms with Gasteiger partial charge in [-0.2, -0.15) is 0 Å². The molecule has 6 nitrogen and oxygen atoms in total. The van der Waals surface area contributed by atoms with Crippen LogP contribution < -0.4 is 10.1 Å². The van der Waals surface area contributed by atoms with Gasteiger partial charge in [-0.3, -0.25) is 10.1 Å². The number of hydrogen-bond donors (Lipinski definition) is 2. The van der Waals surface area contributed by atoms with Crippen LogP contribution in [0.3, 0.4) is 0 Å². The van der Waals surface area contributed by atoms with Crippen molar-refractivity contribution in [1.29, 1.82) is 0 Å². The molecule has 1 unspecified atom stereocenters. The second kappa shape index (κ2) is 11.8. The van der Waals surface area contributed by atoms with E-state index in [1.807, 2.05) is 50.2 Å². The van der Waals surface area contributed by atoms with E-state index in [1.165, 1.54) is 0 Å². The number of ether oxygens (including phenoxy) is 1. The number of rotatable bonds is 8. The zero-order valence-corrected chi connectivity index (χ0v) is 26.3. The molecule has 1 saturated carbocycles. The maximum Gasteiger partial charge on any atom is 0.335 e. The molecule has 224 valence electrons. The number of nitrogens with zero attached hydrogens (tertiary/aromatic N) is 1. The highest BCUT2D eigenvalue weighted by Gasteiger charge is 2.55. The van der Waals surface area contributed by atoms with E-state index in [0.717, 1.165) is 55.4 Å². The molecule has 1 saturated heterocycles. The van der Waals surface area contributed by atoms with Crippen LogP contribution in [0.15, 0.2) is 48.5 Å². The van der Waals surface area contributed by atoms with Crippen molar-refractivity contribution in [2.75, 3.05) is 0 Å². The molecule has 1 heterocycles. The van der Waals surface area contributed by atoms with Crippen molar-refractivity contribution in [3.63, 3.8) is 0 Å². The van der Waals surface area contributed by atoms with Crippen molar-refractivity contribution < 1.29 is 19.4 Å². The minimum atomic E-state index is -0.941. The molecule has 2 aromatic rings. The van der Waals surface area contributed by atoms with E-state index in [-0.39, 0.29) is 34.4 Å². The Labute approximate surface area is 246 Å². The minimum Gasteiger partial charge on any atom is -0.491 e. The minimum absolute atomic E-state index is 0.0833. The molecular weight excluding hydrogens is 512 g/mol. The van der Waals surface area contributed by atoms with Gasteiger partial charge in [-0.15, -0.1) is 0 Å². The molecule has 2 aromatic carbocycles. The average molecular weight is 563 g/mol. The van der Waals surface area contributed by atoms with E-state index >= 15 is 0 Å². The first-order valence-corrected chi connectivity index (χ1v) is 15.3. The Morgan fingerprint density at radius 2 is 1.59 bits per heavy atom. The van der Waals surface area contributed by atoms with Gasteiger partial charge in [0.1, 0.15) is 11.8 Å². The lowest BCUT2D eigenvalue weighted by Gasteiger charge is -2.49. The molecular formula is C35H50N2O4. The van der Waals surface area contributed by atoms with Crippen LogP contribution in [0.5, 0.6) is 5.75 Å². The predicted molar refractivity (Wildman–Crippen MR) is 164 cm³/mol. The molecule has 0 radical (unpaired) electrons. The molecule has 6 heteroatoms. The van der Waals surface area contributed by atoms with Crippen LogP contribution >= 0.6 is 0 Å². The fourth-order valence-corrected chi connectivity index (χ4v) is 6.65. The third kappa shape index (κ3) is 7.14. The quantitative estimate of drug-likeness (QED) is 0.339. The number of carboxylic acids is 1. The van der Waals surface area contributed by atoms with Gasteiger partial charge in [-0.25, -0.2) is 4.79 Å². The number of aromatic carboxylic acids is 1. The van der Waals surface area contributed by atoms with Crippen LogP contribution in [0.2, 0.25) is 0 Å². The van der Waals surface area contributed by atoms with Crippen molar-refractivity contribution in [3.05, 3.63) is 65.2 Å². The van der Waals surface area contributed by atoms with E-state index in [9.17, 15) is 14.7 Å². The fourth-order valence-electron chi connectivity index (χ4n) is 6.65. The largest absolute Gasteiger partial charge is 0.491 e. The Hall–Kier alpha value is -2.86. The van der Waals surface area contributed by atoms with Crippen LogP contribution in [-0.4, -0.2) is 33.6 Å². The molecule has 1 aliphatic heterocycles. The SMILES string of the molecule is CC(C)Oc1ccc(C2NC3(CCC(C(C)(C)C)CC3)N([C@H](CCC(C)(C)C)c3ccc(C(=O)O)cc3)C2=O)cc1. The molecule has 0 aromatic heterocycles. The number of nitrogens with one attached hydrogen (secondary N) is 1. The summed E-state index contributed by atoms with van der Waals surface area (Å²) >= 11 is 0. The van der Waals surface area contributed by atoms with E-state index in [1.54, 1.807) is 12.1 Å². The third-order valence-electron chi connectivity index (χ3n) is 9.00. The summed E-state index contributed by atoms with van der Waals surface area (Å²) in [6.07, 6.45) is 5.72. The molecule has 1 aliphatic carbocycles. The van der Waals surface area contributed by atoms with Crippen LogP contribution in [0.1, 0.15) is 127 Å². The summed E-state index contributed by atoms with van der Waals surface area (Å²) in [5.74, 6) is 0.552. The number of benzene rings is 2. The van der Waals surface area contributed by atoms with Gasteiger partial charge in [0.05, 0.1) is 23.4 Å². The van der Waals surface area contributed by atoms with E-state index in [4.69, 9.17) is 4.74 Å². The van der Waals surface area contributed by atoms with E-state index < -0.39 is 17.7 Å². The molecule has 2 aliphatic rings. The summed E-state index contributed by atoms with van der Waals surface area (Å²) in [5, 5.41) is 13.4. The van der Waals surface area contributed by atoms with Gasteiger partial charge in [0.15, 0.2) is 0 Å². The van der Waals surface area contributed by atoms with Crippen LogP contribution in [0, 0.1) is 16.7 Å². The van der Waals surface area contributed by atoms with Gasteiger partial charge in [0, 0.05) is 0 Å².